The van der Waals surface area contributed by atoms with Crippen LogP contribution < -0.4 is 0 Å². The molecule has 2 N–H and O–H groups in total. The van der Waals surface area contributed by atoms with Gasteiger partial charge in [0.15, 0.2) is 5.44 Å². The first-order valence-electron chi connectivity index (χ1n) is 4.22. The van der Waals surface area contributed by atoms with E-state index in [0.29, 0.717) is 0 Å². The summed E-state index contributed by atoms with van der Waals surface area (Å²) in [6.07, 6.45) is -10.1. The van der Waals surface area contributed by atoms with Crippen molar-refractivity contribution in [3.05, 3.63) is 0 Å². The van der Waals surface area contributed by atoms with Crippen LogP contribution in [0.4, 0.5) is 39.5 Å². The zero-order chi connectivity index (χ0) is 16.8. The van der Waals surface area contributed by atoms with Gasteiger partial charge in [-0.15, -0.1) is 0 Å². The molecule has 0 aliphatic heterocycles. The van der Waals surface area contributed by atoms with Gasteiger partial charge in [-0.2, -0.15) is 47.9 Å². The van der Waals surface area contributed by atoms with E-state index >= 15 is 0 Å². The van der Waals surface area contributed by atoms with Crippen molar-refractivity contribution in [2.75, 3.05) is 0 Å². The van der Waals surface area contributed by atoms with Crippen LogP contribution in [0.2, 0.25) is 0 Å². The Morgan fingerprint density at radius 1 is 0.850 bits per heavy atom. The highest BCUT2D eigenvalue weighted by Gasteiger charge is 2.81. The monoisotopic (exact) mass is 344 g/mol. The third-order valence-electron chi connectivity index (χ3n) is 1.98. The summed E-state index contributed by atoms with van der Waals surface area (Å²) in [7, 11) is -5.76. The number of hydrogen-bond donors (Lipinski definition) is 2. The van der Waals surface area contributed by atoms with Crippen molar-refractivity contribution >= 4 is 10.1 Å². The summed E-state index contributed by atoms with van der Waals surface area (Å²) in [5.74, 6) is -20.5. The van der Waals surface area contributed by atoms with E-state index in [4.69, 9.17) is 9.66 Å². The van der Waals surface area contributed by atoms with Crippen LogP contribution in [0.1, 0.15) is 6.42 Å². The molecule has 1 unspecified atom stereocenters. The molecule has 1 atom stereocenters. The molecule has 0 aliphatic carbocycles. The minimum atomic E-state index is -7.19. The number of alkyl halides is 9. The van der Waals surface area contributed by atoms with E-state index in [9.17, 15) is 47.9 Å². The van der Waals surface area contributed by atoms with Crippen molar-refractivity contribution in [2.24, 2.45) is 0 Å². The average Bonchev–Trinajstić information content (AvgIpc) is 2.12. The Labute approximate surface area is 104 Å². The van der Waals surface area contributed by atoms with Gasteiger partial charge in [0.05, 0.1) is 6.42 Å². The molecule has 0 aromatic carbocycles. The maximum Gasteiger partial charge on any atom is 0.460 e. The van der Waals surface area contributed by atoms with Crippen molar-refractivity contribution in [2.45, 2.75) is 35.8 Å². The van der Waals surface area contributed by atoms with Gasteiger partial charge in [-0.3, -0.25) is 4.55 Å². The zero-order valence-electron chi connectivity index (χ0n) is 8.81. The summed E-state index contributed by atoms with van der Waals surface area (Å²) in [6, 6.07) is 0. The van der Waals surface area contributed by atoms with Gasteiger partial charge >= 0.3 is 23.9 Å². The summed E-state index contributed by atoms with van der Waals surface area (Å²) in [5.41, 5.74) is -3.67. The van der Waals surface area contributed by atoms with Crippen LogP contribution in [0, 0.1) is 0 Å². The predicted molar refractivity (Wildman–Crippen MR) is 43.1 cm³/mol. The largest absolute Gasteiger partial charge is 0.460 e. The van der Waals surface area contributed by atoms with Crippen LogP contribution in [0.3, 0.4) is 0 Å². The molecule has 0 bridgehead atoms. The van der Waals surface area contributed by atoms with Gasteiger partial charge in [0.1, 0.15) is 0 Å². The molecule has 0 heterocycles. The van der Waals surface area contributed by atoms with Crippen molar-refractivity contribution in [1.82, 2.24) is 0 Å². The molecule has 20 heavy (non-hydrogen) atoms. The van der Waals surface area contributed by atoms with E-state index in [2.05, 4.69) is 0 Å². The Bertz CT molecular complexity index is 454. The highest BCUT2D eigenvalue weighted by atomic mass is 32.2. The van der Waals surface area contributed by atoms with Crippen LogP contribution in [0.5, 0.6) is 0 Å². The fraction of sp³-hybridized carbons (Fsp3) is 1.00. The molecular weight excluding hydrogens is 339 g/mol. The SMILES string of the molecule is O=S(=O)(O)C(O)CC(F)(F)C(F)(F)C(F)(F)C(F)(F)F. The van der Waals surface area contributed by atoms with Crippen LogP contribution >= 0.6 is 0 Å². The van der Waals surface area contributed by atoms with Crippen LogP contribution in [0.15, 0.2) is 0 Å². The molecular formula is C6H5F9O4S. The number of rotatable bonds is 5. The van der Waals surface area contributed by atoms with E-state index < -0.39 is 45.9 Å². The van der Waals surface area contributed by atoms with Gasteiger partial charge in [-0.25, -0.2) is 0 Å². The summed E-state index contributed by atoms with van der Waals surface area (Å²) < 4.78 is 138. The standard InChI is InChI=1S/C6H5F9O4S/c7-3(8,1-2(16)20(17,18)19)4(9,10)5(11,12)6(13,14)15/h2,16H,1H2,(H,17,18,19). The quantitative estimate of drug-likeness (QED) is 0.591. The zero-order valence-corrected chi connectivity index (χ0v) is 9.62. The minimum Gasteiger partial charge on any atom is -0.375 e. The van der Waals surface area contributed by atoms with Gasteiger partial charge in [-0.1, -0.05) is 0 Å². The topological polar surface area (TPSA) is 74.6 Å². The number of aliphatic hydroxyl groups is 1. The third-order valence-corrected chi connectivity index (χ3v) is 2.84. The van der Waals surface area contributed by atoms with Crippen molar-refractivity contribution in [1.29, 1.82) is 0 Å². The first kappa shape index (κ1) is 19.2. The smallest absolute Gasteiger partial charge is 0.375 e. The van der Waals surface area contributed by atoms with Crippen molar-refractivity contribution in [3.63, 3.8) is 0 Å². The lowest BCUT2D eigenvalue weighted by Crippen LogP contribution is -2.61. The van der Waals surface area contributed by atoms with E-state index in [-0.39, 0.29) is 0 Å². The second-order valence-electron chi connectivity index (χ2n) is 3.52. The maximum absolute atomic E-state index is 12.7. The lowest BCUT2D eigenvalue weighted by atomic mass is 10.0. The Kier molecular flexibility index (Phi) is 4.72. The van der Waals surface area contributed by atoms with E-state index in [1.54, 1.807) is 0 Å². The van der Waals surface area contributed by atoms with Crippen LogP contribution in [-0.2, 0) is 10.1 Å². The minimum absolute atomic E-state index is 3.06. The summed E-state index contributed by atoms with van der Waals surface area (Å²) >= 11 is 0. The van der Waals surface area contributed by atoms with Gasteiger partial charge < -0.3 is 5.11 Å². The second-order valence-corrected chi connectivity index (χ2v) is 5.10. The fourth-order valence-corrected chi connectivity index (χ4v) is 1.28. The summed E-state index contributed by atoms with van der Waals surface area (Å²) in [4.78, 5) is 0. The molecule has 0 saturated carbocycles. The maximum atomic E-state index is 12.7. The normalized spacial score (nSPS) is 17.1. The third kappa shape index (κ3) is 3.28. The molecule has 0 rings (SSSR count). The molecule has 4 nitrogen and oxygen atoms in total. The Hall–Kier alpha value is -0.760. The molecule has 0 aromatic heterocycles. The van der Waals surface area contributed by atoms with Gasteiger partial charge in [0, 0.05) is 0 Å². The Morgan fingerprint density at radius 3 is 1.45 bits per heavy atom. The predicted octanol–water partition coefficient (Wildman–Crippen LogP) is 2.05. The lowest BCUT2D eigenvalue weighted by Gasteiger charge is -2.34. The van der Waals surface area contributed by atoms with Crippen molar-refractivity contribution < 1.29 is 57.6 Å². The number of halogens is 9. The molecule has 0 radical (unpaired) electrons. The number of hydrogen-bond acceptors (Lipinski definition) is 3. The first-order valence-corrected chi connectivity index (χ1v) is 5.73. The van der Waals surface area contributed by atoms with Crippen LogP contribution in [0.25, 0.3) is 0 Å². The first-order chi connectivity index (χ1) is 8.38. The Morgan fingerprint density at radius 2 is 1.20 bits per heavy atom. The molecule has 0 spiro atoms. The van der Waals surface area contributed by atoms with Crippen molar-refractivity contribution in [3.8, 4) is 0 Å². The van der Waals surface area contributed by atoms with E-state index in [1.165, 1.54) is 0 Å². The van der Waals surface area contributed by atoms with E-state index in [1.807, 2.05) is 0 Å². The molecule has 14 heteroatoms. The number of aliphatic hydroxyl groups excluding tert-OH is 1. The molecule has 122 valence electrons. The van der Waals surface area contributed by atoms with Crippen LogP contribution in [-0.4, -0.2) is 47.5 Å². The average molecular weight is 344 g/mol. The molecule has 0 aromatic rings. The lowest BCUT2D eigenvalue weighted by molar-refractivity contribution is -0.397. The van der Waals surface area contributed by atoms with Gasteiger partial charge in [-0.05, 0) is 0 Å². The highest BCUT2D eigenvalue weighted by molar-refractivity contribution is 7.86. The summed E-state index contributed by atoms with van der Waals surface area (Å²) in [6.45, 7) is 0. The molecule has 0 fully saturated rings. The van der Waals surface area contributed by atoms with Gasteiger partial charge in [0.25, 0.3) is 10.1 Å². The van der Waals surface area contributed by atoms with Gasteiger partial charge in [0.2, 0.25) is 0 Å². The second kappa shape index (κ2) is 4.91. The molecule has 0 amide bonds. The highest BCUT2D eigenvalue weighted by Crippen LogP contribution is 2.54. The molecule has 0 aliphatic rings. The summed E-state index contributed by atoms with van der Waals surface area (Å²) in [5, 5.41) is 8.38. The Balaban J connectivity index is 5.59. The fourth-order valence-electron chi connectivity index (χ4n) is 0.860. The van der Waals surface area contributed by atoms with E-state index in [0.717, 1.165) is 0 Å². The molecule has 0 saturated heterocycles.